The molecule has 0 aromatic heterocycles. The molecule has 1 aromatic rings. The molecule has 0 saturated heterocycles. The van der Waals surface area contributed by atoms with Gasteiger partial charge in [0.05, 0.1) is 5.56 Å². The molecule has 0 unspecified atom stereocenters. The number of nitrogen functional groups attached to an aromatic ring is 1. The number of hydrogen-bond donors (Lipinski definition) is 2. The van der Waals surface area contributed by atoms with Gasteiger partial charge in [0, 0.05) is 16.7 Å². The number of halogens is 1. The van der Waals surface area contributed by atoms with Gasteiger partial charge < -0.3 is 11.1 Å². The van der Waals surface area contributed by atoms with Gasteiger partial charge in [-0.15, -0.1) is 0 Å². The number of amides is 1. The van der Waals surface area contributed by atoms with E-state index in [0.29, 0.717) is 17.8 Å². The lowest BCUT2D eigenvalue weighted by atomic mass is 9.97. The molecule has 0 aliphatic heterocycles. The normalized spacial score (nSPS) is 11.2. The van der Waals surface area contributed by atoms with Crippen LogP contribution in [0.1, 0.15) is 31.1 Å². The van der Waals surface area contributed by atoms with Gasteiger partial charge in [0.2, 0.25) is 0 Å². The minimum absolute atomic E-state index is 0.0659. The highest BCUT2D eigenvalue weighted by Gasteiger charge is 2.14. The van der Waals surface area contributed by atoms with E-state index >= 15 is 0 Å². The first kappa shape index (κ1) is 13.0. The van der Waals surface area contributed by atoms with E-state index in [0.717, 1.165) is 4.47 Å². The van der Waals surface area contributed by atoms with Gasteiger partial charge in [-0.25, -0.2) is 0 Å². The number of carbonyl (C=O) groups excluding carboxylic acids is 1. The summed E-state index contributed by atoms with van der Waals surface area (Å²) in [5, 5.41) is 2.87. The molecular formula is C12H17BrN2O. The third-order valence-corrected chi connectivity index (χ3v) is 2.53. The Morgan fingerprint density at radius 3 is 2.62 bits per heavy atom. The predicted octanol–water partition coefficient (Wildman–Crippen LogP) is 2.81. The van der Waals surface area contributed by atoms with E-state index in [-0.39, 0.29) is 11.3 Å². The van der Waals surface area contributed by atoms with Gasteiger partial charge in [0.15, 0.2) is 0 Å². The summed E-state index contributed by atoms with van der Waals surface area (Å²) in [5.41, 5.74) is 6.82. The molecule has 0 radical (unpaired) electrons. The van der Waals surface area contributed by atoms with E-state index in [9.17, 15) is 4.79 Å². The third kappa shape index (κ3) is 3.85. The molecule has 16 heavy (non-hydrogen) atoms. The van der Waals surface area contributed by atoms with Crippen LogP contribution in [-0.4, -0.2) is 12.5 Å². The molecule has 4 heteroatoms. The fourth-order valence-corrected chi connectivity index (χ4v) is 1.53. The maximum absolute atomic E-state index is 11.9. The Morgan fingerprint density at radius 1 is 1.44 bits per heavy atom. The van der Waals surface area contributed by atoms with Crippen LogP contribution < -0.4 is 11.1 Å². The van der Waals surface area contributed by atoms with Crippen LogP contribution in [0.25, 0.3) is 0 Å². The maximum Gasteiger partial charge on any atom is 0.253 e. The highest BCUT2D eigenvalue weighted by atomic mass is 79.9. The van der Waals surface area contributed by atoms with Gasteiger partial charge in [-0.05, 0) is 23.6 Å². The Labute approximate surface area is 105 Å². The fourth-order valence-electron chi connectivity index (χ4n) is 1.17. The summed E-state index contributed by atoms with van der Waals surface area (Å²) < 4.78 is 0.850. The molecule has 0 spiro atoms. The van der Waals surface area contributed by atoms with Crippen LogP contribution in [0.3, 0.4) is 0 Å². The van der Waals surface area contributed by atoms with Gasteiger partial charge in [-0.1, -0.05) is 36.7 Å². The highest BCUT2D eigenvalue weighted by molar-refractivity contribution is 9.10. The number of benzene rings is 1. The Balaban J connectivity index is 2.77. The van der Waals surface area contributed by atoms with Crippen molar-refractivity contribution in [3.63, 3.8) is 0 Å². The molecule has 0 fully saturated rings. The van der Waals surface area contributed by atoms with Crippen molar-refractivity contribution in [2.45, 2.75) is 20.8 Å². The van der Waals surface area contributed by atoms with Crippen molar-refractivity contribution in [1.29, 1.82) is 0 Å². The molecule has 0 aliphatic rings. The number of rotatable bonds is 2. The number of nitrogens with one attached hydrogen (secondary N) is 1. The molecule has 3 N–H and O–H groups in total. The maximum atomic E-state index is 11.9. The molecule has 0 bridgehead atoms. The zero-order valence-corrected chi connectivity index (χ0v) is 11.4. The quantitative estimate of drug-likeness (QED) is 0.821. The summed E-state index contributed by atoms with van der Waals surface area (Å²) in [4.78, 5) is 11.9. The SMILES string of the molecule is CC(C)(C)CNC(=O)c1cc(Br)ccc1N. The number of anilines is 1. The lowest BCUT2D eigenvalue weighted by Crippen LogP contribution is -2.32. The van der Waals surface area contributed by atoms with Gasteiger partial charge >= 0.3 is 0 Å². The molecular weight excluding hydrogens is 268 g/mol. The van der Waals surface area contributed by atoms with E-state index in [4.69, 9.17) is 5.73 Å². The van der Waals surface area contributed by atoms with Gasteiger partial charge in [-0.3, -0.25) is 4.79 Å². The fraction of sp³-hybridized carbons (Fsp3) is 0.417. The molecule has 0 heterocycles. The Kier molecular flexibility index (Phi) is 3.97. The summed E-state index contributed by atoms with van der Waals surface area (Å²) in [6.07, 6.45) is 0. The first-order valence-electron chi connectivity index (χ1n) is 5.13. The van der Waals surface area contributed by atoms with E-state index in [1.807, 2.05) is 6.07 Å². The second-order valence-corrected chi connectivity index (χ2v) is 5.89. The zero-order chi connectivity index (χ0) is 12.3. The standard InChI is InChI=1S/C12H17BrN2O/c1-12(2,3)7-15-11(16)9-6-8(13)4-5-10(9)14/h4-6H,7,14H2,1-3H3,(H,15,16). The zero-order valence-electron chi connectivity index (χ0n) is 9.80. The van der Waals surface area contributed by atoms with Crippen molar-refractivity contribution in [2.75, 3.05) is 12.3 Å². The van der Waals surface area contributed by atoms with Crippen molar-refractivity contribution in [3.05, 3.63) is 28.2 Å². The van der Waals surface area contributed by atoms with Crippen molar-refractivity contribution in [1.82, 2.24) is 5.32 Å². The largest absolute Gasteiger partial charge is 0.398 e. The molecule has 1 rings (SSSR count). The van der Waals surface area contributed by atoms with Gasteiger partial charge in [-0.2, -0.15) is 0 Å². The van der Waals surface area contributed by atoms with Crippen molar-refractivity contribution < 1.29 is 4.79 Å². The number of carbonyl (C=O) groups is 1. The minimum Gasteiger partial charge on any atom is -0.398 e. The molecule has 0 aliphatic carbocycles. The summed E-state index contributed by atoms with van der Waals surface area (Å²) in [6, 6.07) is 5.26. The Hall–Kier alpha value is -1.03. The first-order chi connectivity index (χ1) is 7.29. The first-order valence-corrected chi connectivity index (χ1v) is 5.92. The summed E-state index contributed by atoms with van der Waals surface area (Å²) in [7, 11) is 0. The minimum atomic E-state index is -0.131. The molecule has 88 valence electrons. The van der Waals surface area contributed by atoms with Crippen LogP contribution in [0.5, 0.6) is 0 Å². The van der Waals surface area contributed by atoms with Crippen LogP contribution in [-0.2, 0) is 0 Å². The average molecular weight is 285 g/mol. The Morgan fingerprint density at radius 2 is 2.06 bits per heavy atom. The molecule has 1 aromatic carbocycles. The van der Waals surface area contributed by atoms with E-state index in [1.54, 1.807) is 12.1 Å². The smallest absolute Gasteiger partial charge is 0.253 e. The highest BCUT2D eigenvalue weighted by Crippen LogP contribution is 2.19. The topological polar surface area (TPSA) is 55.1 Å². The van der Waals surface area contributed by atoms with Crippen LogP contribution in [0.15, 0.2) is 22.7 Å². The summed E-state index contributed by atoms with van der Waals surface area (Å²) >= 11 is 3.32. The summed E-state index contributed by atoms with van der Waals surface area (Å²) in [5.74, 6) is -0.131. The van der Waals surface area contributed by atoms with Crippen LogP contribution >= 0.6 is 15.9 Å². The molecule has 0 saturated carbocycles. The number of nitrogens with two attached hydrogens (primary N) is 1. The van der Waals surface area contributed by atoms with E-state index < -0.39 is 0 Å². The van der Waals surface area contributed by atoms with Gasteiger partial charge in [0.1, 0.15) is 0 Å². The lowest BCUT2D eigenvalue weighted by Gasteiger charge is -2.19. The van der Waals surface area contributed by atoms with Crippen molar-refractivity contribution in [3.8, 4) is 0 Å². The third-order valence-electron chi connectivity index (χ3n) is 2.04. The average Bonchev–Trinajstić information content (AvgIpc) is 2.17. The second-order valence-electron chi connectivity index (χ2n) is 4.97. The van der Waals surface area contributed by atoms with Gasteiger partial charge in [0.25, 0.3) is 5.91 Å². The van der Waals surface area contributed by atoms with E-state index in [1.165, 1.54) is 0 Å². The predicted molar refractivity (Wildman–Crippen MR) is 70.3 cm³/mol. The van der Waals surface area contributed by atoms with Crippen molar-refractivity contribution in [2.24, 2.45) is 5.41 Å². The number of hydrogen-bond acceptors (Lipinski definition) is 2. The monoisotopic (exact) mass is 284 g/mol. The van der Waals surface area contributed by atoms with Crippen LogP contribution in [0, 0.1) is 5.41 Å². The molecule has 1 amide bonds. The summed E-state index contributed by atoms with van der Waals surface area (Å²) in [6.45, 7) is 6.82. The van der Waals surface area contributed by atoms with E-state index in [2.05, 4.69) is 42.0 Å². The Bertz CT molecular complexity index is 396. The molecule has 3 nitrogen and oxygen atoms in total. The second kappa shape index (κ2) is 4.87. The lowest BCUT2D eigenvalue weighted by molar-refractivity contribution is 0.0940. The van der Waals surface area contributed by atoms with Crippen molar-refractivity contribution >= 4 is 27.5 Å². The van der Waals surface area contributed by atoms with Crippen LogP contribution in [0.4, 0.5) is 5.69 Å². The molecule has 0 atom stereocenters. The van der Waals surface area contributed by atoms with Crippen LogP contribution in [0.2, 0.25) is 0 Å².